The van der Waals surface area contributed by atoms with Crippen molar-refractivity contribution in [3.8, 4) is 0 Å². The van der Waals surface area contributed by atoms with Gasteiger partial charge in [0.15, 0.2) is 0 Å². The van der Waals surface area contributed by atoms with Crippen LogP contribution in [0.2, 0.25) is 0 Å². The van der Waals surface area contributed by atoms with Crippen molar-refractivity contribution in [2.24, 2.45) is 22.9 Å². The van der Waals surface area contributed by atoms with Gasteiger partial charge in [0.1, 0.15) is 18.1 Å². The first-order valence-electron chi connectivity index (χ1n) is 8.74. The van der Waals surface area contributed by atoms with Crippen molar-refractivity contribution in [3.05, 3.63) is 6.42 Å². The predicted molar refractivity (Wildman–Crippen MR) is 112 cm³/mol. The molecule has 0 aliphatic carbocycles. The largest absolute Gasteiger partial charge is 2.00 e. The van der Waals surface area contributed by atoms with Crippen LogP contribution in [0.25, 0.3) is 0 Å². The maximum atomic E-state index is 9.82. The Morgan fingerprint density at radius 2 is 0.737 bits per heavy atom. The van der Waals surface area contributed by atoms with Crippen LogP contribution >= 0.6 is 0 Å². The topological polar surface area (TPSA) is 414 Å². The van der Waals surface area contributed by atoms with E-state index >= 15 is 0 Å². The average molecular weight is 576 g/mol. The van der Waals surface area contributed by atoms with E-state index in [4.69, 9.17) is 43.4 Å². The van der Waals surface area contributed by atoms with Gasteiger partial charge in [0.2, 0.25) is 0 Å². The summed E-state index contributed by atoms with van der Waals surface area (Å²) >= 11 is 0. The van der Waals surface area contributed by atoms with Gasteiger partial charge in [-0.2, -0.15) is 0 Å². The number of hydrogen-bond acceptors (Lipinski definition) is 16. The Labute approximate surface area is 245 Å². The second kappa shape index (κ2) is 27.0. The third-order valence-electron chi connectivity index (χ3n) is 2.71. The molecule has 0 amide bonds. The van der Waals surface area contributed by atoms with Crippen molar-refractivity contribution in [2.75, 3.05) is 0 Å². The molecule has 208 valence electrons. The molecule has 0 spiro atoms. The molecular formula is C16H23Mg2N4O16-. The Morgan fingerprint density at radius 3 is 0.789 bits per heavy atom. The van der Waals surface area contributed by atoms with Crippen molar-refractivity contribution in [1.82, 2.24) is 0 Å². The van der Waals surface area contributed by atoms with E-state index in [1.54, 1.807) is 0 Å². The van der Waals surface area contributed by atoms with Gasteiger partial charge in [0.05, 0.1) is 0 Å². The Balaban J connectivity index is -0.0000000883. The molecule has 4 atom stereocenters. The van der Waals surface area contributed by atoms with Gasteiger partial charge in [-0.3, -0.25) is 19.2 Å². The fraction of sp³-hybridized carbons (Fsp3) is 0.438. The van der Waals surface area contributed by atoms with E-state index in [1.807, 2.05) is 0 Å². The normalized spacial score (nSPS) is 11.8. The molecule has 0 aliphatic rings. The molecule has 0 radical (unpaired) electrons. The molecule has 22 heteroatoms. The Morgan fingerprint density at radius 1 is 0.526 bits per heavy atom. The van der Waals surface area contributed by atoms with Gasteiger partial charge < -0.3 is 89.4 Å². The fourth-order valence-corrected chi connectivity index (χ4v) is 1.02. The summed E-state index contributed by atoms with van der Waals surface area (Å²) < 4.78 is 0. The van der Waals surface area contributed by atoms with Crippen LogP contribution in [0, 0.1) is 6.42 Å². The van der Waals surface area contributed by atoms with E-state index < -0.39 is 91.2 Å². The number of carbonyl (C=O) groups is 8. The van der Waals surface area contributed by atoms with Crippen molar-refractivity contribution in [2.45, 2.75) is 43.4 Å². The van der Waals surface area contributed by atoms with Crippen molar-refractivity contribution in [1.29, 1.82) is 0 Å². The number of aliphatic carboxylic acids is 8. The molecule has 0 saturated heterocycles. The maximum Gasteiger partial charge on any atom is 2.00 e. The number of nitrogens with two attached hydrogens (primary N) is 4. The summed E-state index contributed by atoms with van der Waals surface area (Å²) in [6.45, 7) is 0. The zero-order chi connectivity index (χ0) is 29.8. The van der Waals surface area contributed by atoms with Gasteiger partial charge in [-0.25, -0.2) is 0 Å². The number of rotatable bonds is 12. The predicted octanol–water partition coefficient (Wildman–Crippen LogP) is -10.8. The first-order chi connectivity index (χ1) is 16.1. The third kappa shape index (κ3) is 40.2. The second-order valence-electron chi connectivity index (χ2n) is 5.91. The van der Waals surface area contributed by atoms with E-state index in [-0.39, 0.29) is 46.1 Å². The average Bonchev–Trinajstić information content (AvgIpc) is 2.67. The third-order valence-corrected chi connectivity index (χ3v) is 2.71. The van der Waals surface area contributed by atoms with Crippen molar-refractivity contribution < 1.29 is 79.2 Å². The van der Waals surface area contributed by atoms with E-state index in [1.165, 1.54) is 0 Å². The molecule has 12 N–H and O–H groups in total. The first-order valence-corrected chi connectivity index (χ1v) is 8.74. The summed E-state index contributed by atoms with van der Waals surface area (Å²) in [7, 11) is 0. The molecule has 38 heavy (non-hydrogen) atoms. The van der Waals surface area contributed by atoms with Gasteiger partial charge in [0.25, 0.3) is 5.97 Å². The van der Waals surface area contributed by atoms with Crippen LogP contribution in [0.3, 0.4) is 0 Å². The van der Waals surface area contributed by atoms with Crippen LogP contribution in [0.15, 0.2) is 0 Å². The van der Waals surface area contributed by atoms with Gasteiger partial charge in [-0.1, -0.05) is 5.97 Å². The summed E-state index contributed by atoms with van der Waals surface area (Å²) in [5, 5.41) is 70.6. The van der Waals surface area contributed by atoms with Gasteiger partial charge in [-0.15, -0.1) is 0 Å². The number of hydrogen-bond donors (Lipinski definition) is 8. The second-order valence-corrected chi connectivity index (χ2v) is 5.91. The summed E-state index contributed by atoms with van der Waals surface area (Å²) in [5.74, 6) is -11.3. The summed E-state index contributed by atoms with van der Waals surface area (Å²) in [6, 6.07) is -5.53. The Hall–Kier alpha value is -3.00. The minimum Gasteiger partial charge on any atom is -0.584 e. The number of carboxylic acid groups (broad SMARTS) is 8. The zero-order valence-electron chi connectivity index (χ0n) is 19.4. The SMILES string of the molecule is NC(CC(=O)[O-])C(=O)O.NC(CC(=O)[O-])C(=O)O.NC(CC(=O)[O-])C(=O)O.NC([CH-]C(=O)[O-])C(=O)O.[Mg+2].[Mg+2]. The van der Waals surface area contributed by atoms with Crippen LogP contribution in [0.4, 0.5) is 0 Å². The van der Waals surface area contributed by atoms with E-state index in [0.717, 1.165) is 0 Å². The minimum absolute atomic E-state index is 0. The van der Waals surface area contributed by atoms with Crippen molar-refractivity contribution in [3.63, 3.8) is 0 Å². The van der Waals surface area contributed by atoms with Gasteiger partial charge in [-0.05, 0) is 6.04 Å². The summed E-state index contributed by atoms with van der Waals surface area (Å²) in [6.07, 6.45) is -1.54. The molecule has 20 nitrogen and oxygen atoms in total. The van der Waals surface area contributed by atoms with Crippen LogP contribution in [-0.4, -0.2) is 138 Å². The molecule has 0 aromatic heterocycles. The Kier molecular flexibility index (Phi) is 34.2. The molecule has 4 unspecified atom stereocenters. The molecule has 0 aromatic carbocycles. The van der Waals surface area contributed by atoms with Crippen LogP contribution < -0.4 is 43.4 Å². The monoisotopic (exact) mass is 575 g/mol. The van der Waals surface area contributed by atoms with Crippen molar-refractivity contribution >= 4 is 93.9 Å². The van der Waals surface area contributed by atoms with E-state index in [2.05, 4.69) is 0 Å². The molecule has 0 saturated carbocycles. The first kappa shape index (κ1) is 48.1. The standard InChI is InChI=1S/3C4H7NO4.C4H6NO4.2Mg/c4*5-2(4(8)9)1-3(6)7;;/h3*2H,1,5H2,(H,6,7)(H,8,9);1-2H,5H2,(H,6,7)(H,8,9);;/q;;;-1;2*+2/p-4. The molecular weight excluding hydrogens is 553 g/mol. The molecule has 0 aromatic rings. The van der Waals surface area contributed by atoms with Crippen LogP contribution in [0.5, 0.6) is 0 Å². The fourth-order valence-electron chi connectivity index (χ4n) is 1.02. The molecule has 0 aliphatic heterocycles. The molecule has 0 bridgehead atoms. The van der Waals surface area contributed by atoms with Gasteiger partial charge >= 0.3 is 64.0 Å². The zero-order valence-corrected chi connectivity index (χ0v) is 22.2. The molecule has 0 heterocycles. The number of carboxylic acids is 8. The molecule has 0 rings (SSSR count). The number of carbonyl (C=O) groups excluding carboxylic acids is 4. The maximum absolute atomic E-state index is 9.82. The Bertz CT molecular complexity index is 669. The minimum atomic E-state index is -1.58. The van der Waals surface area contributed by atoms with Crippen LogP contribution in [-0.2, 0) is 38.4 Å². The van der Waals surface area contributed by atoms with E-state index in [0.29, 0.717) is 6.42 Å². The molecule has 0 fully saturated rings. The summed E-state index contributed by atoms with van der Waals surface area (Å²) in [4.78, 5) is 77.8. The van der Waals surface area contributed by atoms with Gasteiger partial charge in [0, 0.05) is 37.2 Å². The quantitative estimate of drug-likeness (QED) is 0.0789. The summed E-state index contributed by atoms with van der Waals surface area (Å²) in [5.41, 5.74) is 19.1. The smallest absolute Gasteiger partial charge is 0.584 e. The van der Waals surface area contributed by atoms with E-state index in [9.17, 15) is 58.8 Å². The van der Waals surface area contributed by atoms with Crippen LogP contribution in [0.1, 0.15) is 19.3 Å².